The summed E-state index contributed by atoms with van der Waals surface area (Å²) in [7, 11) is 0. The van der Waals surface area contributed by atoms with Gasteiger partial charge in [0.15, 0.2) is 0 Å². The van der Waals surface area contributed by atoms with Gasteiger partial charge in [-0.3, -0.25) is 4.98 Å². The van der Waals surface area contributed by atoms with Crippen molar-refractivity contribution in [3.8, 4) is 0 Å². The normalized spacial score (nSPS) is 24.1. The van der Waals surface area contributed by atoms with Gasteiger partial charge in [-0.15, -0.1) is 0 Å². The summed E-state index contributed by atoms with van der Waals surface area (Å²) in [6.45, 7) is 6.54. The van der Waals surface area contributed by atoms with Crippen molar-refractivity contribution in [1.29, 1.82) is 0 Å². The Bertz CT molecular complexity index is 354. The first kappa shape index (κ1) is 13.5. The van der Waals surface area contributed by atoms with Crippen LogP contribution in [0.5, 0.6) is 0 Å². The summed E-state index contributed by atoms with van der Waals surface area (Å²) < 4.78 is 0. The van der Waals surface area contributed by atoms with Crippen molar-refractivity contribution in [3.05, 3.63) is 29.6 Å². The van der Waals surface area contributed by atoms with Gasteiger partial charge in [-0.05, 0) is 49.8 Å². The number of nitrogens with zero attached hydrogens (tertiary/aromatic N) is 1. The summed E-state index contributed by atoms with van der Waals surface area (Å²) in [6.07, 6.45) is 8.94. The molecule has 0 radical (unpaired) electrons. The summed E-state index contributed by atoms with van der Waals surface area (Å²) in [5, 5.41) is 3.58. The van der Waals surface area contributed by atoms with Gasteiger partial charge in [0, 0.05) is 12.7 Å². The van der Waals surface area contributed by atoms with Crippen LogP contribution in [-0.2, 0) is 6.54 Å². The van der Waals surface area contributed by atoms with Crippen molar-refractivity contribution >= 4 is 0 Å². The molecule has 0 spiro atoms. The second-order valence-corrected chi connectivity index (χ2v) is 5.69. The number of rotatable bonds is 5. The number of hydrogen-bond donors (Lipinski definition) is 1. The third-order valence-electron chi connectivity index (χ3n) is 4.39. The molecule has 18 heavy (non-hydrogen) atoms. The third-order valence-corrected chi connectivity index (χ3v) is 4.39. The van der Waals surface area contributed by atoms with Crippen LogP contribution in [0.15, 0.2) is 18.3 Å². The van der Waals surface area contributed by atoms with E-state index in [-0.39, 0.29) is 0 Å². The molecule has 0 amide bonds. The highest BCUT2D eigenvalue weighted by Gasteiger charge is 2.19. The SMILES string of the molecule is CCC1CCC(CNCc2ncccc2C)CC1. The summed E-state index contributed by atoms with van der Waals surface area (Å²) in [6, 6.07) is 4.14. The van der Waals surface area contributed by atoms with Crippen LogP contribution < -0.4 is 5.32 Å². The van der Waals surface area contributed by atoms with Gasteiger partial charge in [-0.25, -0.2) is 0 Å². The lowest BCUT2D eigenvalue weighted by Crippen LogP contribution is -2.26. The van der Waals surface area contributed by atoms with E-state index in [2.05, 4.69) is 30.2 Å². The first-order valence-electron chi connectivity index (χ1n) is 7.40. The zero-order valence-electron chi connectivity index (χ0n) is 11.8. The summed E-state index contributed by atoms with van der Waals surface area (Å²) in [5.74, 6) is 1.89. The molecule has 0 aromatic carbocycles. The van der Waals surface area contributed by atoms with Gasteiger partial charge < -0.3 is 5.32 Å². The van der Waals surface area contributed by atoms with Crippen molar-refractivity contribution < 1.29 is 0 Å². The molecule has 0 unspecified atom stereocenters. The second-order valence-electron chi connectivity index (χ2n) is 5.69. The van der Waals surface area contributed by atoms with Gasteiger partial charge in [0.1, 0.15) is 0 Å². The predicted octanol–water partition coefficient (Wildman–Crippen LogP) is 3.70. The van der Waals surface area contributed by atoms with Gasteiger partial charge >= 0.3 is 0 Å². The first-order valence-corrected chi connectivity index (χ1v) is 7.40. The Morgan fingerprint density at radius 3 is 2.61 bits per heavy atom. The Balaban J connectivity index is 1.69. The fraction of sp³-hybridized carbons (Fsp3) is 0.688. The van der Waals surface area contributed by atoms with Gasteiger partial charge in [-0.1, -0.05) is 32.3 Å². The first-order chi connectivity index (χ1) is 8.79. The molecule has 0 atom stereocenters. The maximum atomic E-state index is 4.42. The van der Waals surface area contributed by atoms with Crippen LogP contribution in [0.2, 0.25) is 0 Å². The topological polar surface area (TPSA) is 24.9 Å². The molecule has 1 aromatic heterocycles. The van der Waals surface area contributed by atoms with E-state index in [9.17, 15) is 0 Å². The van der Waals surface area contributed by atoms with Crippen molar-refractivity contribution in [2.24, 2.45) is 11.8 Å². The molecule has 0 bridgehead atoms. The molecule has 1 aliphatic rings. The highest BCUT2D eigenvalue weighted by atomic mass is 14.9. The molecule has 1 saturated carbocycles. The number of hydrogen-bond acceptors (Lipinski definition) is 2. The van der Waals surface area contributed by atoms with Gasteiger partial charge in [0.25, 0.3) is 0 Å². The van der Waals surface area contributed by atoms with E-state index in [0.29, 0.717) is 0 Å². The number of aromatic nitrogens is 1. The van der Waals surface area contributed by atoms with E-state index in [1.807, 2.05) is 12.3 Å². The second kappa shape index (κ2) is 6.89. The van der Waals surface area contributed by atoms with Crippen molar-refractivity contribution in [1.82, 2.24) is 10.3 Å². The largest absolute Gasteiger partial charge is 0.311 e. The van der Waals surface area contributed by atoms with Crippen LogP contribution in [0.25, 0.3) is 0 Å². The lowest BCUT2D eigenvalue weighted by molar-refractivity contribution is 0.262. The minimum absolute atomic E-state index is 0.886. The Hall–Kier alpha value is -0.890. The van der Waals surface area contributed by atoms with Crippen LogP contribution in [0.4, 0.5) is 0 Å². The van der Waals surface area contributed by atoms with Crippen LogP contribution >= 0.6 is 0 Å². The fourth-order valence-corrected chi connectivity index (χ4v) is 2.94. The summed E-state index contributed by atoms with van der Waals surface area (Å²) >= 11 is 0. The van der Waals surface area contributed by atoms with E-state index in [0.717, 1.165) is 24.9 Å². The number of aryl methyl sites for hydroxylation is 1. The van der Waals surface area contributed by atoms with Gasteiger partial charge in [0.2, 0.25) is 0 Å². The average molecular weight is 246 g/mol. The molecule has 1 fully saturated rings. The Kier molecular flexibility index (Phi) is 5.18. The van der Waals surface area contributed by atoms with E-state index < -0.39 is 0 Å². The highest BCUT2D eigenvalue weighted by molar-refractivity contribution is 5.17. The molecule has 0 aliphatic heterocycles. The molecule has 2 heteroatoms. The zero-order valence-corrected chi connectivity index (χ0v) is 11.8. The molecule has 2 rings (SSSR count). The third kappa shape index (κ3) is 3.81. The van der Waals surface area contributed by atoms with E-state index in [1.165, 1.54) is 43.4 Å². The molecule has 1 aliphatic carbocycles. The lowest BCUT2D eigenvalue weighted by atomic mass is 9.81. The Morgan fingerprint density at radius 1 is 1.22 bits per heavy atom. The molecule has 2 nitrogen and oxygen atoms in total. The molecule has 1 N–H and O–H groups in total. The van der Waals surface area contributed by atoms with E-state index in [1.54, 1.807) is 0 Å². The van der Waals surface area contributed by atoms with Crippen LogP contribution in [-0.4, -0.2) is 11.5 Å². The maximum Gasteiger partial charge on any atom is 0.0570 e. The lowest BCUT2D eigenvalue weighted by Gasteiger charge is -2.27. The minimum atomic E-state index is 0.886. The zero-order chi connectivity index (χ0) is 12.8. The molecule has 0 saturated heterocycles. The monoisotopic (exact) mass is 246 g/mol. The van der Waals surface area contributed by atoms with Crippen LogP contribution in [0.3, 0.4) is 0 Å². The van der Waals surface area contributed by atoms with Crippen molar-refractivity contribution in [3.63, 3.8) is 0 Å². The highest BCUT2D eigenvalue weighted by Crippen LogP contribution is 2.30. The fourth-order valence-electron chi connectivity index (χ4n) is 2.94. The molecule has 1 heterocycles. The molecular formula is C16H26N2. The minimum Gasteiger partial charge on any atom is -0.311 e. The summed E-state index contributed by atoms with van der Waals surface area (Å²) in [4.78, 5) is 4.42. The Morgan fingerprint density at radius 2 is 1.94 bits per heavy atom. The average Bonchev–Trinajstić information content (AvgIpc) is 2.42. The van der Waals surface area contributed by atoms with Crippen LogP contribution in [0, 0.1) is 18.8 Å². The smallest absolute Gasteiger partial charge is 0.0570 e. The van der Waals surface area contributed by atoms with E-state index in [4.69, 9.17) is 0 Å². The molecular weight excluding hydrogens is 220 g/mol. The quantitative estimate of drug-likeness (QED) is 0.857. The van der Waals surface area contributed by atoms with Gasteiger partial charge in [-0.2, -0.15) is 0 Å². The standard InChI is InChI=1S/C16H26N2/c1-3-14-6-8-15(9-7-14)11-17-12-16-13(2)5-4-10-18-16/h4-5,10,14-15,17H,3,6-9,11-12H2,1-2H3. The van der Waals surface area contributed by atoms with Crippen LogP contribution in [0.1, 0.15) is 50.3 Å². The van der Waals surface area contributed by atoms with Crippen molar-refractivity contribution in [2.75, 3.05) is 6.54 Å². The molecule has 1 aromatic rings. The van der Waals surface area contributed by atoms with Gasteiger partial charge in [0.05, 0.1) is 5.69 Å². The molecule has 100 valence electrons. The maximum absolute atomic E-state index is 4.42. The number of pyridine rings is 1. The van der Waals surface area contributed by atoms with E-state index >= 15 is 0 Å². The predicted molar refractivity (Wildman–Crippen MR) is 76.4 cm³/mol. The number of nitrogens with one attached hydrogen (secondary N) is 1. The summed E-state index contributed by atoms with van der Waals surface area (Å²) in [5.41, 5.74) is 2.49. The Labute approximate surface area is 111 Å². The van der Waals surface area contributed by atoms with Crippen molar-refractivity contribution in [2.45, 2.75) is 52.5 Å².